The number of rotatable bonds is 8. The molecule has 0 fully saturated rings. The monoisotopic (exact) mass is 452 g/mol. The number of amides is 1. The largest absolute Gasteiger partial charge is 0.352 e. The van der Waals surface area contributed by atoms with Gasteiger partial charge in [0, 0.05) is 18.5 Å². The summed E-state index contributed by atoms with van der Waals surface area (Å²) in [7, 11) is 0. The minimum atomic E-state index is -0.162. The molecular formula is C26H24N6O2. The Bertz CT molecular complexity index is 1410. The average Bonchev–Trinajstić information content (AvgIpc) is 3.48. The molecule has 2 aromatic carbocycles. The van der Waals surface area contributed by atoms with Crippen molar-refractivity contribution in [3.05, 3.63) is 95.8 Å². The molecule has 3 aromatic heterocycles. The van der Waals surface area contributed by atoms with Gasteiger partial charge in [0.1, 0.15) is 0 Å². The Kier molecular flexibility index (Phi) is 6.11. The molecule has 5 rings (SSSR count). The second-order valence-corrected chi connectivity index (χ2v) is 8.04. The maximum absolute atomic E-state index is 13.2. The summed E-state index contributed by atoms with van der Waals surface area (Å²) >= 11 is 0. The van der Waals surface area contributed by atoms with Crippen LogP contribution in [0.3, 0.4) is 0 Å². The molecule has 3 heterocycles. The van der Waals surface area contributed by atoms with Crippen molar-refractivity contribution in [2.24, 2.45) is 0 Å². The predicted molar refractivity (Wildman–Crippen MR) is 128 cm³/mol. The van der Waals surface area contributed by atoms with E-state index in [-0.39, 0.29) is 5.91 Å². The highest BCUT2D eigenvalue weighted by Gasteiger charge is 2.18. The van der Waals surface area contributed by atoms with Crippen LogP contribution in [0.25, 0.3) is 22.3 Å². The molecule has 5 aromatic rings. The van der Waals surface area contributed by atoms with Crippen molar-refractivity contribution < 1.29 is 9.32 Å². The fourth-order valence-electron chi connectivity index (χ4n) is 3.84. The molecule has 0 unspecified atom stereocenters. The van der Waals surface area contributed by atoms with Crippen molar-refractivity contribution in [2.45, 2.75) is 26.3 Å². The van der Waals surface area contributed by atoms with Gasteiger partial charge in [-0.1, -0.05) is 65.8 Å². The third-order valence-electron chi connectivity index (χ3n) is 5.52. The van der Waals surface area contributed by atoms with Gasteiger partial charge in [-0.3, -0.25) is 4.79 Å². The third-order valence-corrected chi connectivity index (χ3v) is 5.52. The summed E-state index contributed by atoms with van der Waals surface area (Å²) in [6.07, 6.45) is 3.02. The van der Waals surface area contributed by atoms with Crippen LogP contribution in [0.2, 0.25) is 0 Å². The molecule has 0 radical (unpaired) electrons. The summed E-state index contributed by atoms with van der Waals surface area (Å²) in [5.74, 6) is 1.02. The highest BCUT2D eigenvalue weighted by molar-refractivity contribution is 6.06. The first kappa shape index (κ1) is 21.5. The molecule has 0 spiro atoms. The first-order valence-corrected chi connectivity index (χ1v) is 11.2. The van der Waals surface area contributed by atoms with Gasteiger partial charge in [0.25, 0.3) is 5.91 Å². The van der Waals surface area contributed by atoms with Gasteiger partial charge in [-0.2, -0.15) is 10.1 Å². The van der Waals surface area contributed by atoms with E-state index in [4.69, 9.17) is 9.51 Å². The van der Waals surface area contributed by atoms with Crippen molar-refractivity contribution in [1.82, 2.24) is 30.2 Å². The van der Waals surface area contributed by atoms with E-state index in [2.05, 4.69) is 20.6 Å². The van der Waals surface area contributed by atoms with Crippen LogP contribution in [0.4, 0.5) is 0 Å². The number of hydrogen-bond acceptors (Lipinski definition) is 6. The fourth-order valence-corrected chi connectivity index (χ4v) is 3.84. The quantitative estimate of drug-likeness (QED) is 0.354. The van der Waals surface area contributed by atoms with Crippen LogP contribution in [0.1, 0.15) is 34.1 Å². The van der Waals surface area contributed by atoms with E-state index in [9.17, 15) is 4.79 Å². The maximum atomic E-state index is 13.2. The zero-order valence-corrected chi connectivity index (χ0v) is 18.8. The Morgan fingerprint density at radius 2 is 1.79 bits per heavy atom. The van der Waals surface area contributed by atoms with Crippen LogP contribution >= 0.6 is 0 Å². The lowest BCUT2D eigenvalue weighted by Gasteiger charge is -2.10. The van der Waals surface area contributed by atoms with E-state index >= 15 is 0 Å². The lowest BCUT2D eigenvalue weighted by molar-refractivity contribution is 0.0954. The summed E-state index contributed by atoms with van der Waals surface area (Å²) in [6.45, 7) is 2.84. The van der Waals surface area contributed by atoms with Crippen molar-refractivity contribution in [2.75, 3.05) is 6.54 Å². The molecule has 8 heteroatoms. The SMILES string of the molecule is Cc1noc(CCCNC(=O)c2cc(-c3ccccc3)nc3c2cnn3Cc2ccccc2)n1. The summed E-state index contributed by atoms with van der Waals surface area (Å²) < 4.78 is 6.98. The first-order chi connectivity index (χ1) is 16.7. The van der Waals surface area contributed by atoms with Crippen LogP contribution in [0, 0.1) is 6.92 Å². The minimum absolute atomic E-state index is 0.162. The summed E-state index contributed by atoms with van der Waals surface area (Å²) in [5.41, 5.74) is 4.02. The second-order valence-electron chi connectivity index (χ2n) is 8.04. The zero-order valence-electron chi connectivity index (χ0n) is 18.8. The van der Waals surface area contributed by atoms with Gasteiger partial charge >= 0.3 is 0 Å². The van der Waals surface area contributed by atoms with Crippen molar-refractivity contribution in [1.29, 1.82) is 0 Å². The normalized spacial score (nSPS) is 11.1. The van der Waals surface area contributed by atoms with E-state index in [1.807, 2.05) is 71.4 Å². The molecule has 170 valence electrons. The van der Waals surface area contributed by atoms with Crippen LogP contribution in [-0.4, -0.2) is 37.4 Å². The number of aryl methyl sites for hydroxylation is 2. The molecule has 0 saturated heterocycles. The molecule has 0 saturated carbocycles. The molecular weight excluding hydrogens is 428 g/mol. The van der Waals surface area contributed by atoms with Gasteiger partial charge in [-0.25, -0.2) is 9.67 Å². The van der Waals surface area contributed by atoms with Gasteiger partial charge in [-0.05, 0) is 25.0 Å². The van der Waals surface area contributed by atoms with Crippen LogP contribution in [-0.2, 0) is 13.0 Å². The molecule has 1 amide bonds. The number of fused-ring (bicyclic) bond motifs is 1. The number of carbonyl (C=O) groups is 1. The predicted octanol–water partition coefficient (Wildman–Crippen LogP) is 4.20. The number of carbonyl (C=O) groups excluding carboxylic acids is 1. The lowest BCUT2D eigenvalue weighted by Crippen LogP contribution is -2.25. The minimum Gasteiger partial charge on any atom is -0.352 e. The fraction of sp³-hybridized carbons (Fsp3) is 0.192. The summed E-state index contributed by atoms with van der Waals surface area (Å²) in [5, 5.41) is 12.1. The number of nitrogens with zero attached hydrogens (tertiary/aromatic N) is 5. The van der Waals surface area contributed by atoms with Crippen LogP contribution in [0.15, 0.2) is 77.4 Å². The molecule has 0 bridgehead atoms. The van der Waals surface area contributed by atoms with Crippen LogP contribution < -0.4 is 5.32 Å². The Morgan fingerprint density at radius 1 is 1.03 bits per heavy atom. The molecule has 0 aliphatic heterocycles. The molecule has 0 aliphatic rings. The number of hydrogen-bond donors (Lipinski definition) is 1. The van der Waals surface area contributed by atoms with Crippen LogP contribution in [0.5, 0.6) is 0 Å². The van der Waals surface area contributed by atoms with Gasteiger partial charge in [0.05, 0.1) is 29.4 Å². The number of nitrogens with one attached hydrogen (secondary N) is 1. The van der Waals surface area contributed by atoms with Gasteiger partial charge in [0.15, 0.2) is 11.5 Å². The molecule has 8 nitrogen and oxygen atoms in total. The summed E-state index contributed by atoms with van der Waals surface area (Å²) in [4.78, 5) is 22.3. The number of pyridine rings is 1. The number of benzene rings is 2. The van der Waals surface area contributed by atoms with Crippen molar-refractivity contribution in [3.63, 3.8) is 0 Å². The van der Waals surface area contributed by atoms with Gasteiger partial charge in [-0.15, -0.1) is 0 Å². The van der Waals surface area contributed by atoms with Gasteiger partial charge < -0.3 is 9.84 Å². The zero-order chi connectivity index (χ0) is 23.3. The topological polar surface area (TPSA) is 98.7 Å². The summed E-state index contributed by atoms with van der Waals surface area (Å²) in [6, 6.07) is 21.8. The Balaban J connectivity index is 1.42. The van der Waals surface area contributed by atoms with E-state index < -0.39 is 0 Å². The van der Waals surface area contributed by atoms with E-state index in [1.165, 1.54) is 0 Å². The van der Waals surface area contributed by atoms with Crippen molar-refractivity contribution >= 4 is 16.9 Å². The highest BCUT2D eigenvalue weighted by Crippen LogP contribution is 2.25. The molecule has 0 aliphatic carbocycles. The second kappa shape index (κ2) is 9.66. The number of aromatic nitrogens is 5. The molecule has 1 N–H and O–H groups in total. The van der Waals surface area contributed by atoms with Crippen molar-refractivity contribution in [3.8, 4) is 11.3 Å². The Hall–Kier alpha value is -4.33. The standard InChI is InChI=1S/C26H24N6O2/c1-18-29-24(34-31-18)13-8-14-27-26(33)21-15-23(20-11-6-3-7-12-20)30-25-22(21)16-28-32(25)17-19-9-4-2-5-10-19/h2-7,9-12,15-16H,8,13-14,17H2,1H3,(H,27,33). The lowest BCUT2D eigenvalue weighted by atomic mass is 10.1. The molecule has 0 atom stereocenters. The first-order valence-electron chi connectivity index (χ1n) is 11.2. The Morgan fingerprint density at radius 3 is 2.53 bits per heavy atom. The van der Waals surface area contributed by atoms with E-state index in [1.54, 1.807) is 13.1 Å². The highest BCUT2D eigenvalue weighted by atomic mass is 16.5. The average molecular weight is 453 g/mol. The van der Waals surface area contributed by atoms with E-state index in [0.717, 1.165) is 22.2 Å². The molecule has 34 heavy (non-hydrogen) atoms. The Labute approximate surface area is 196 Å². The maximum Gasteiger partial charge on any atom is 0.252 e. The van der Waals surface area contributed by atoms with E-state index in [0.29, 0.717) is 48.9 Å². The third kappa shape index (κ3) is 4.71. The van der Waals surface area contributed by atoms with Gasteiger partial charge in [0.2, 0.25) is 5.89 Å². The smallest absolute Gasteiger partial charge is 0.252 e.